The zero-order valence-electron chi connectivity index (χ0n) is 11.1. The van der Waals surface area contributed by atoms with Gasteiger partial charge in [0.1, 0.15) is 0 Å². The van der Waals surface area contributed by atoms with E-state index in [1.54, 1.807) is 12.1 Å². The molecule has 8 nitrogen and oxygen atoms in total. The number of hydrogen-bond donors (Lipinski definition) is 2. The number of benzene rings is 1. The average molecular weight is 324 g/mol. The summed E-state index contributed by atoms with van der Waals surface area (Å²) in [6, 6.07) is 6.15. The van der Waals surface area contributed by atoms with E-state index in [4.69, 9.17) is 0 Å². The van der Waals surface area contributed by atoms with Gasteiger partial charge in [-0.1, -0.05) is 12.1 Å². The van der Waals surface area contributed by atoms with Crippen LogP contribution in [0.4, 0.5) is 20.2 Å². The Hall–Kier alpha value is -2.88. The summed E-state index contributed by atoms with van der Waals surface area (Å²) in [4.78, 5) is 36.1. The van der Waals surface area contributed by atoms with Crippen LogP contribution in [-0.4, -0.2) is 21.7 Å². The Morgan fingerprint density at radius 2 is 2.00 bits per heavy atom. The predicted molar refractivity (Wildman–Crippen MR) is 77.4 cm³/mol. The van der Waals surface area contributed by atoms with Gasteiger partial charge in [0.25, 0.3) is 5.91 Å². The molecule has 0 aliphatic heterocycles. The van der Waals surface area contributed by atoms with E-state index in [1.165, 1.54) is 19.1 Å². The van der Waals surface area contributed by atoms with Gasteiger partial charge in [0.05, 0.1) is 16.2 Å². The summed E-state index contributed by atoms with van der Waals surface area (Å²) in [5.41, 5.74) is 0.384. The first-order valence-corrected chi connectivity index (χ1v) is 6.69. The molecule has 0 aliphatic carbocycles. The number of anilines is 2. The number of carbonyl (C=O) groups is 2. The Balaban J connectivity index is 2.24. The third-order valence-corrected chi connectivity index (χ3v) is 3.34. The van der Waals surface area contributed by atoms with E-state index in [0.29, 0.717) is 11.3 Å². The number of halogens is 1. The van der Waals surface area contributed by atoms with E-state index >= 15 is 0 Å². The van der Waals surface area contributed by atoms with E-state index in [2.05, 4.69) is 15.6 Å². The highest BCUT2D eigenvalue weighted by atomic mass is 32.1. The fourth-order valence-electron chi connectivity index (χ4n) is 1.60. The molecule has 2 aromatic rings. The summed E-state index contributed by atoms with van der Waals surface area (Å²) in [5.74, 6) is -2.30. The maximum Gasteiger partial charge on any atom is 0.382 e. The number of carbonyl (C=O) groups excluding carboxylic acids is 2. The maximum absolute atomic E-state index is 13.2. The first-order valence-electron chi connectivity index (χ1n) is 5.87. The number of nitrogens with one attached hydrogen (secondary N) is 2. The minimum atomic E-state index is -1.26. The Morgan fingerprint density at radius 1 is 1.32 bits per heavy atom. The Morgan fingerprint density at radius 3 is 2.59 bits per heavy atom. The second-order valence-electron chi connectivity index (χ2n) is 4.05. The number of para-hydroxylation sites is 1. The molecule has 0 spiro atoms. The van der Waals surface area contributed by atoms with Crippen LogP contribution in [0.3, 0.4) is 0 Å². The number of thiazole rings is 1. The highest BCUT2D eigenvalue weighted by Gasteiger charge is 2.23. The molecule has 0 aliphatic rings. The van der Waals surface area contributed by atoms with Gasteiger partial charge in [-0.3, -0.25) is 25.0 Å². The molecule has 0 bridgehead atoms. The molecule has 22 heavy (non-hydrogen) atoms. The summed E-state index contributed by atoms with van der Waals surface area (Å²) < 4.78 is 13.2. The van der Waals surface area contributed by atoms with Crippen molar-refractivity contribution in [3.05, 3.63) is 45.9 Å². The topological polar surface area (TPSA) is 114 Å². The van der Waals surface area contributed by atoms with Crippen molar-refractivity contribution in [2.75, 3.05) is 10.6 Å². The van der Waals surface area contributed by atoms with Crippen molar-refractivity contribution in [1.82, 2.24) is 4.98 Å². The molecular formula is C12H9FN4O4S. The van der Waals surface area contributed by atoms with Crippen molar-refractivity contribution in [3.8, 4) is 0 Å². The fraction of sp³-hybridized carbons (Fsp3) is 0.0833. The zero-order chi connectivity index (χ0) is 16.3. The normalized spacial score (nSPS) is 10.1. The van der Waals surface area contributed by atoms with Gasteiger partial charge >= 0.3 is 10.9 Å². The standard InChI is InChI=1S/C12H9FN4O4S/c1-6(18)14-8-5-3-2-4-7(8)10(19)16-12-15-9(13)11(22-12)17(20)21/h2-5H,1H3,(H,14,18)(H,15,16,19). The molecule has 1 heterocycles. The van der Waals surface area contributed by atoms with Crippen molar-refractivity contribution < 1.29 is 18.9 Å². The lowest BCUT2D eigenvalue weighted by molar-refractivity contribution is -0.383. The van der Waals surface area contributed by atoms with Crippen LogP contribution >= 0.6 is 11.3 Å². The number of rotatable bonds is 4. The van der Waals surface area contributed by atoms with Gasteiger partial charge in [0.15, 0.2) is 5.13 Å². The number of nitrogens with zero attached hydrogens (tertiary/aromatic N) is 2. The van der Waals surface area contributed by atoms with E-state index in [9.17, 15) is 24.1 Å². The van der Waals surface area contributed by atoms with Crippen LogP contribution in [0.2, 0.25) is 0 Å². The SMILES string of the molecule is CC(=O)Nc1ccccc1C(=O)Nc1nc(F)c([N+](=O)[O-])s1. The van der Waals surface area contributed by atoms with Crippen molar-refractivity contribution in [1.29, 1.82) is 0 Å². The van der Waals surface area contributed by atoms with Gasteiger partial charge < -0.3 is 5.32 Å². The minimum Gasteiger partial charge on any atom is -0.326 e. The van der Waals surface area contributed by atoms with Crippen molar-refractivity contribution in [2.45, 2.75) is 6.92 Å². The van der Waals surface area contributed by atoms with Gasteiger partial charge in [-0.05, 0) is 23.5 Å². The smallest absolute Gasteiger partial charge is 0.326 e. The summed E-state index contributed by atoms with van der Waals surface area (Å²) >= 11 is 0.406. The Bertz CT molecular complexity index is 761. The molecule has 1 aromatic carbocycles. The molecule has 2 amide bonds. The summed E-state index contributed by atoms with van der Waals surface area (Å²) in [7, 11) is 0. The summed E-state index contributed by atoms with van der Waals surface area (Å²) in [6.07, 6.45) is 0. The lowest BCUT2D eigenvalue weighted by atomic mass is 10.1. The van der Waals surface area contributed by atoms with Crippen LogP contribution in [0.1, 0.15) is 17.3 Å². The lowest BCUT2D eigenvalue weighted by Gasteiger charge is -2.08. The summed E-state index contributed by atoms with van der Waals surface area (Å²) in [6.45, 7) is 1.29. The van der Waals surface area contributed by atoms with Gasteiger partial charge in [-0.2, -0.15) is 9.37 Å². The molecule has 0 saturated carbocycles. The van der Waals surface area contributed by atoms with E-state index in [-0.39, 0.29) is 22.3 Å². The Kier molecular flexibility index (Phi) is 4.41. The Labute approximate surface area is 127 Å². The zero-order valence-corrected chi connectivity index (χ0v) is 11.9. The second kappa shape index (κ2) is 6.26. The predicted octanol–water partition coefficient (Wildman–Crippen LogP) is 2.40. The van der Waals surface area contributed by atoms with Crippen LogP contribution in [0, 0.1) is 16.1 Å². The molecule has 0 fully saturated rings. The number of amides is 2. The van der Waals surface area contributed by atoms with E-state index in [1.807, 2.05) is 0 Å². The van der Waals surface area contributed by atoms with Crippen LogP contribution in [0.25, 0.3) is 0 Å². The van der Waals surface area contributed by atoms with Crippen molar-refractivity contribution in [2.24, 2.45) is 0 Å². The van der Waals surface area contributed by atoms with Gasteiger partial charge in [-0.25, -0.2) is 0 Å². The molecule has 10 heteroatoms. The monoisotopic (exact) mass is 324 g/mol. The molecule has 2 N–H and O–H groups in total. The molecule has 2 rings (SSSR count). The van der Waals surface area contributed by atoms with E-state index in [0.717, 1.165) is 0 Å². The lowest BCUT2D eigenvalue weighted by Crippen LogP contribution is -2.16. The van der Waals surface area contributed by atoms with Gasteiger partial charge in [0.2, 0.25) is 5.91 Å². The molecule has 0 atom stereocenters. The largest absolute Gasteiger partial charge is 0.382 e. The minimum absolute atomic E-state index is 0.121. The van der Waals surface area contributed by atoms with Crippen molar-refractivity contribution >= 4 is 39.0 Å². The number of hydrogen-bond acceptors (Lipinski definition) is 6. The third kappa shape index (κ3) is 3.41. The van der Waals surface area contributed by atoms with Crippen LogP contribution in [0.5, 0.6) is 0 Å². The fourth-order valence-corrected chi connectivity index (χ4v) is 2.26. The highest BCUT2D eigenvalue weighted by molar-refractivity contribution is 7.18. The molecule has 1 aromatic heterocycles. The molecular weight excluding hydrogens is 315 g/mol. The third-order valence-electron chi connectivity index (χ3n) is 2.44. The first-order chi connectivity index (χ1) is 10.4. The van der Waals surface area contributed by atoms with Crippen LogP contribution < -0.4 is 10.6 Å². The highest BCUT2D eigenvalue weighted by Crippen LogP contribution is 2.29. The molecule has 0 radical (unpaired) electrons. The van der Waals surface area contributed by atoms with Crippen LogP contribution in [-0.2, 0) is 4.79 Å². The van der Waals surface area contributed by atoms with E-state index < -0.39 is 21.8 Å². The molecule has 0 unspecified atom stereocenters. The van der Waals surface area contributed by atoms with Crippen molar-refractivity contribution in [3.63, 3.8) is 0 Å². The first kappa shape index (κ1) is 15.5. The maximum atomic E-state index is 13.2. The number of nitro groups is 1. The second-order valence-corrected chi connectivity index (χ2v) is 5.03. The van der Waals surface area contributed by atoms with Gasteiger partial charge in [-0.15, -0.1) is 0 Å². The quantitative estimate of drug-likeness (QED) is 0.662. The average Bonchev–Trinajstić information content (AvgIpc) is 2.79. The van der Waals surface area contributed by atoms with Crippen LogP contribution in [0.15, 0.2) is 24.3 Å². The van der Waals surface area contributed by atoms with Gasteiger partial charge in [0, 0.05) is 6.92 Å². The number of aromatic nitrogens is 1. The molecule has 0 saturated heterocycles. The molecule has 114 valence electrons. The summed E-state index contributed by atoms with van der Waals surface area (Å²) in [5, 5.41) is 14.2.